The van der Waals surface area contributed by atoms with Crippen molar-refractivity contribution in [1.29, 1.82) is 0 Å². The summed E-state index contributed by atoms with van der Waals surface area (Å²) in [4.78, 5) is 13.0. The van der Waals surface area contributed by atoms with Gasteiger partial charge in [-0.15, -0.1) is 0 Å². The lowest BCUT2D eigenvalue weighted by atomic mass is 10.1. The number of halogens is 1. The number of hydrogen-bond acceptors (Lipinski definition) is 8. The average molecular weight is 485 g/mol. The van der Waals surface area contributed by atoms with Crippen molar-refractivity contribution in [3.05, 3.63) is 53.0 Å². The number of hydrogen-bond donors (Lipinski definition) is 4. The van der Waals surface area contributed by atoms with Crippen LogP contribution in [0.25, 0.3) is 21.9 Å². The van der Waals surface area contributed by atoms with Gasteiger partial charge in [0, 0.05) is 34.5 Å². The highest BCUT2D eigenvalue weighted by Crippen LogP contribution is 2.33. The highest BCUT2D eigenvalue weighted by molar-refractivity contribution is 9.10. The summed E-state index contributed by atoms with van der Waals surface area (Å²) in [5.41, 5.74) is 8.24. The molecule has 0 spiro atoms. The number of aliphatic hydroxyl groups is 2. The molecule has 4 aromatic rings. The lowest BCUT2D eigenvalue weighted by molar-refractivity contribution is -0.0309. The van der Waals surface area contributed by atoms with Gasteiger partial charge in [0.2, 0.25) is 0 Å². The SMILES string of the molecule is Cc1nc(N)c2ccn([C@@H]3O[C@H](CNc4ccc5cc(Br)cnc5c4)[C@@H](O)[C@H]3O)c2n1. The lowest BCUT2D eigenvalue weighted by Gasteiger charge is -2.18. The smallest absolute Gasteiger partial charge is 0.164 e. The third-order valence-corrected chi connectivity index (χ3v) is 5.92. The summed E-state index contributed by atoms with van der Waals surface area (Å²) in [6.45, 7) is 2.06. The predicted molar refractivity (Wildman–Crippen MR) is 121 cm³/mol. The van der Waals surface area contributed by atoms with Crippen molar-refractivity contribution < 1.29 is 14.9 Å². The molecular formula is C21H21BrN6O3. The van der Waals surface area contributed by atoms with E-state index < -0.39 is 24.5 Å². The molecule has 0 saturated carbocycles. The van der Waals surface area contributed by atoms with Gasteiger partial charge in [-0.1, -0.05) is 6.07 Å². The van der Waals surface area contributed by atoms with Crippen LogP contribution in [0.3, 0.4) is 0 Å². The van der Waals surface area contributed by atoms with Crippen LogP contribution in [0.15, 0.2) is 47.2 Å². The number of aliphatic hydroxyl groups excluding tert-OH is 2. The van der Waals surface area contributed by atoms with Crippen molar-refractivity contribution in [2.75, 3.05) is 17.6 Å². The molecule has 5 N–H and O–H groups in total. The Balaban J connectivity index is 1.35. The fourth-order valence-electron chi connectivity index (χ4n) is 3.93. The van der Waals surface area contributed by atoms with Crippen LogP contribution >= 0.6 is 15.9 Å². The number of nitrogen functional groups attached to an aromatic ring is 1. The first kappa shape index (κ1) is 20.1. The number of fused-ring (bicyclic) bond motifs is 2. The van der Waals surface area contributed by atoms with Gasteiger partial charge in [-0.25, -0.2) is 9.97 Å². The number of pyridine rings is 1. The number of ether oxygens (including phenoxy) is 1. The van der Waals surface area contributed by atoms with Crippen molar-refractivity contribution in [2.45, 2.75) is 31.5 Å². The van der Waals surface area contributed by atoms with Gasteiger partial charge in [-0.05, 0) is 47.1 Å². The predicted octanol–water partition coefficient (Wildman–Crippen LogP) is 2.36. The number of rotatable bonds is 4. The van der Waals surface area contributed by atoms with Gasteiger partial charge in [0.05, 0.1) is 10.9 Å². The van der Waals surface area contributed by atoms with E-state index in [0.29, 0.717) is 29.2 Å². The molecular weight excluding hydrogens is 464 g/mol. The average Bonchev–Trinajstić information content (AvgIpc) is 3.28. The van der Waals surface area contributed by atoms with E-state index in [-0.39, 0.29) is 0 Å². The Kier molecular flexibility index (Phi) is 5.01. The van der Waals surface area contributed by atoms with Crippen molar-refractivity contribution in [1.82, 2.24) is 19.5 Å². The summed E-state index contributed by atoms with van der Waals surface area (Å²) in [6.07, 6.45) is -0.108. The number of nitrogens with one attached hydrogen (secondary N) is 1. The molecule has 0 radical (unpaired) electrons. The van der Waals surface area contributed by atoms with Crippen molar-refractivity contribution >= 4 is 49.4 Å². The first-order chi connectivity index (χ1) is 14.9. The van der Waals surface area contributed by atoms with E-state index in [4.69, 9.17) is 10.5 Å². The highest BCUT2D eigenvalue weighted by atomic mass is 79.9. The molecule has 4 heterocycles. The molecule has 1 aromatic carbocycles. The Morgan fingerprint density at radius 1 is 1.19 bits per heavy atom. The first-order valence-electron chi connectivity index (χ1n) is 9.82. The van der Waals surface area contributed by atoms with Gasteiger partial charge >= 0.3 is 0 Å². The molecule has 0 amide bonds. The summed E-state index contributed by atoms with van der Waals surface area (Å²) in [5.74, 6) is 0.887. The van der Waals surface area contributed by atoms with Gasteiger partial charge in [0.15, 0.2) is 6.23 Å². The van der Waals surface area contributed by atoms with Crippen LogP contribution in [0, 0.1) is 6.92 Å². The number of benzene rings is 1. The maximum absolute atomic E-state index is 10.6. The molecule has 1 aliphatic heterocycles. The molecule has 31 heavy (non-hydrogen) atoms. The topological polar surface area (TPSA) is 131 Å². The number of aromatic nitrogens is 4. The monoisotopic (exact) mass is 484 g/mol. The second-order valence-electron chi connectivity index (χ2n) is 7.60. The van der Waals surface area contributed by atoms with Crippen molar-refractivity contribution in [2.24, 2.45) is 0 Å². The minimum Gasteiger partial charge on any atom is -0.387 e. The largest absolute Gasteiger partial charge is 0.387 e. The molecule has 0 bridgehead atoms. The Bertz CT molecular complexity index is 1280. The Labute approximate surface area is 186 Å². The third-order valence-electron chi connectivity index (χ3n) is 5.48. The van der Waals surface area contributed by atoms with Gasteiger partial charge in [0.1, 0.15) is 35.6 Å². The van der Waals surface area contributed by atoms with Crippen LogP contribution < -0.4 is 11.1 Å². The van der Waals surface area contributed by atoms with Crippen molar-refractivity contribution in [3.8, 4) is 0 Å². The quantitative estimate of drug-likeness (QED) is 0.347. The number of nitrogens with two attached hydrogens (primary N) is 1. The molecule has 0 aliphatic carbocycles. The summed E-state index contributed by atoms with van der Waals surface area (Å²) in [7, 11) is 0. The zero-order valence-corrected chi connectivity index (χ0v) is 18.2. The van der Waals surface area contributed by atoms with Gasteiger partial charge in [0.25, 0.3) is 0 Å². The summed E-state index contributed by atoms with van der Waals surface area (Å²) in [6, 6.07) is 9.61. The van der Waals surface area contributed by atoms with Gasteiger partial charge in [-0.2, -0.15) is 0 Å². The molecule has 10 heteroatoms. The second kappa shape index (κ2) is 7.72. The van der Waals surface area contributed by atoms with E-state index in [2.05, 4.69) is 36.2 Å². The molecule has 9 nitrogen and oxygen atoms in total. The third kappa shape index (κ3) is 3.61. The normalized spacial score (nSPS) is 23.6. The molecule has 1 saturated heterocycles. The number of anilines is 2. The number of aryl methyl sites for hydroxylation is 1. The Morgan fingerprint density at radius 2 is 2.03 bits per heavy atom. The standard InChI is InChI=1S/C21H21BrN6O3/c1-10-26-19(23)14-4-5-28(20(14)27-10)21-18(30)17(29)16(31-21)9-24-13-3-2-11-6-12(22)8-25-15(11)7-13/h2-8,16-18,21,24,29-30H,9H2,1H3,(H2,23,26,27)/t16-,17-,18-,21-/m1/s1. The van der Waals surface area contributed by atoms with Crippen LogP contribution in [0.4, 0.5) is 11.5 Å². The maximum Gasteiger partial charge on any atom is 0.164 e. The van der Waals surface area contributed by atoms with E-state index in [1.807, 2.05) is 24.3 Å². The zero-order chi connectivity index (χ0) is 21.7. The van der Waals surface area contributed by atoms with E-state index >= 15 is 0 Å². The molecule has 3 aromatic heterocycles. The van der Waals surface area contributed by atoms with Crippen molar-refractivity contribution in [3.63, 3.8) is 0 Å². The molecule has 1 aliphatic rings. The molecule has 5 rings (SSSR count). The molecule has 0 unspecified atom stereocenters. The fraction of sp³-hybridized carbons (Fsp3) is 0.286. The zero-order valence-electron chi connectivity index (χ0n) is 16.6. The molecule has 160 valence electrons. The van der Waals surface area contributed by atoms with Crippen LogP contribution in [0.1, 0.15) is 12.1 Å². The van der Waals surface area contributed by atoms with Crippen LogP contribution in [-0.2, 0) is 4.74 Å². The van der Waals surface area contributed by atoms with Gasteiger partial charge in [-0.3, -0.25) is 4.98 Å². The van der Waals surface area contributed by atoms with Crippen LogP contribution in [0.5, 0.6) is 0 Å². The van der Waals surface area contributed by atoms with E-state index in [1.165, 1.54) is 0 Å². The summed E-state index contributed by atoms with van der Waals surface area (Å²) < 4.78 is 8.63. The molecule has 1 fully saturated rings. The summed E-state index contributed by atoms with van der Waals surface area (Å²) >= 11 is 3.42. The van der Waals surface area contributed by atoms with E-state index in [9.17, 15) is 10.2 Å². The van der Waals surface area contributed by atoms with Gasteiger partial charge < -0.3 is 30.6 Å². The Morgan fingerprint density at radius 3 is 2.87 bits per heavy atom. The van der Waals surface area contributed by atoms with Crippen LogP contribution in [-0.4, -0.2) is 54.6 Å². The van der Waals surface area contributed by atoms with Crippen LogP contribution in [0.2, 0.25) is 0 Å². The number of nitrogens with zero attached hydrogens (tertiary/aromatic N) is 4. The van der Waals surface area contributed by atoms with E-state index in [1.54, 1.807) is 30.0 Å². The second-order valence-corrected chi connectivity index (χ2v) is 8.52. The minimum absolute atomic E-state index is 0.312. The first-order valence-corrected chi connectivity index (χ1v) is 10.6. The summed E-state index contributed by atoms with van der Waals surface area (Å²) in [5, 5.41) is 26.2. The lowest BCUT2D eigenvalue weighted by Crippen LogP contribution is -2.35. The highest BCUT2D eigenvalue weighted by Gasteiger charge is 2.44. The fourth-order valence-corrected chi connectivity index (χ4v) is 4.27. The minimum atomic E-state index is -1.12. The molecule has 4 atom stereocenters. The maximum atomic E-state index is 10.6. The Hall–Kier alpha value is -2.79. The van der Waals surface area contributed by atoms with E-state index in [0.717, 1.165) is 21.1 Å².